The average Bonchev–Trinajstić information content (AvgIpc) is 3.32. The molecule has 1 fully saturated rings. The van der Waals surface area contributed by atoms with E-state index in [-0.39, 0.29) is 24.6 Å². The number of nitrogens with zero attached hydrogens (tertiary/aromatic N) is 4. The zero-order valence-electron chi connectivity index (χ0n) is 17.5. The van der Waals surface area contributed by atoms with Gasteiger partial charge in [-0.05, 0) is 60.6 Å². The van der Waals surface area contributed by atoms with Crippen LogP contribution in [0.5, 0.6) is 0 Å². The van der Waals surface area contributed by atoms with E-state index < -0.39 is 6.09 Å². The molecule has 0 radical (unpaired) electrons. The molecule has 6 rings (SSSR count). The zero-order chi connectivity index (χ0) is 21.9. The van der Waals surface area contributed by atoms with E-state index in [1.54, 1.807) is 0 Å². The second-order valence-corrected chi connectivity index (χ2v) is 9.37. The predicted molar refractivity (Wildman–Crippen MR) is 118 cm³/mol. The van der Waals surface area contributed by atoms with E-state index >= 15 is 0 Å². The molecule has 0 bridgehead atoms. The Morgan fingerprint density at radius 3 is 2.72 bits per heavy atom. The van der Waals surface area contributed by atoms with E-state index in [1.165, 1.54) is 16.0 Å². The number of benzene rings is 2. The summed E-state index contributed by atoms with van der Waals surface area (Å²) in [5.74, 6) is 1.78. The van der Waals surface area contributed by atoms with Crippen molar-refractivity contribution in [3.05, 3.63) is 75.8 Å². The summed E-state index contributed by atoms with van der Waals surface area (Å²) in [5.41, 5.74) is 4.20. The third kappa shape index (κ3) is 3.03. The number of aromatic nitrogens is 3. The molecule has 2 aliphatic heterocycles. The Labute approximate surface area is 190 Å². The summed E-state index contributed by atoms with van der Waals surface area (Å²) in [7, 11) is 0. The molecule has 0 atom stereocenters. The van der Waals surface area contributed by atoms with E-state index in [4.69, 9.17) is 16.3 Å². The third-order valence-corrected chi connectivity index (χ3v) is 7.41. The van der Waals surface area contributed by atoms with E-state index in [9.17, 15) is 9.90 Å². The minimum Gasteiger partial charge on any atom is -0.465 e. The van der Waals surface area contributed by atoms with Crippen LogP contribution in [0.2, 0.25) is 5.02 Å². The Kier molecular flexibility index (Phi) is 4.52. The Bertz CT molecular complexity index is 1220. The molecule has 164 valence electrons. The fraction of sp³-hybridized carbons (Fsp3) is 0.375. The summed E-state index contributed by atoms with van der Waals surface area (Å²) in [6.45, 7) is 1.15. The Balaban J connectivity index is 1.35. The third-order valence-electron chi connectivity index (χ3n) is 7.17. The van der Waals surface area contributed by atoms with Gasteiger partial charge >= 0.3 is 6.09 Å². The van der Waals surface area contributed by atoms with Crippen molar-refractivity contribution in [3.63, 3.8) is 0 Å². The average molecular weight is 451 g/mol. The lowest BCUT2D eigenvalue weighted by Gasteiger charge is -2.37. The highest BCUT2D eigenvalue weighted by Crippen LogP contribution is 2.50. The minimum atomic E-state index is -0.981. The van der Waals surface area contributed by atoms with Crippen LogP contribution in [0.1, 0.15) is 59.9 Å². The normalized spacial score (nSPS) is 24.0. The first-order valence-electron chi connectivity index (χ1n) is 11.0. The summed E-state index contributed by atoms with van der Waals surface area (Å²) in [5, 5.41) is 19.2. The molecule has 8 heteroatoms. The van der Waals surface area contributed by atoms with Gasteiger partial charge in [0.1, 0.15) is 5.82 Å². The number of hydrogen-bond acceptors (Lipinski definition) is 4. The van der Waals surface area contributed by atoms with Gasteiger partial charge in [0.15, 0.2) is 5.82 Å². The molecule has 7 nitrogen and oxygen atoms in total. The van der Waals surface area contributed by atoms with Crippen LogP contribution in [-0.2, 0) is 30.0 Å². The molecule has 32 heavy (non-hydrogen) atoms. The number of rotatable bonds is 1. The number of carboxylic acid groups (broad SMARTS) is 1. The van der Waals surface area contributed by atoms with Crippen molar-refractivity contribution in [2.75, 3.05) is 0 Å². The molecule has 0 saturated heterocycles. The van der Waals surface area contributed by atoms with Crippen LogP contribution in [0.4, 0.5) is 4.79 Å². The molecular weight excluding hydrogens is 428 g/mol. The Morgan fingerprint density at radius 1 is 1.09 bits per heavy atom. The Hall–Kier alpha value is -2.90. The number of amides is 1. The van der Waals surface area contributed by atoms with Gasteiger partial charge in [-0.1, -0.05) is 35.9 Å². The van der Waals surface area contributed by atoms with E-state index in [0.29, 0.717) is 17.5 Å². The second kappa shape index (κ2) is 7.32. The molecule has 1 N–H and O–H groups in total. The van der Waals surface area contributed by atoms with Gasteiger partial charge in [-0.3, -0.25) is 9.47 Å². The molecule has 3 aliphatic rings. The van der Waals surface area contributed by atoms with Crippen molar-refractivity contribution in [2.24, 2.45) is 0 Å². The number of hydrogen-bond donors (Lipinski definition) is 1. The first kappa shape index (κ1) is 19.8. The molecule has 2 aromatic carbocycles. The van der Waals surface area contributed by atoms with Crippen LogP contribution in [0, 0.1) is 0 Å². The number of halogens is 1. The van der Waals surface area contributed by atoms with Crippen LogP contribution < -0.4 is 0 Å². The second-order valence-electron chi connectivity index (χ2n) is 8.94. The van der Waals surface area contributed by atoms with Crippen molar-refractivity contribution in [2.45, 2.75) is 56.9 Å². The Morgan fingerprint density at radius 2 is 1.91 bits per heavy atom. The molecule has 3 heterocycles. The maximum Gasteiger partial charge on any atom is 0.408 e. The lowest BCUT2D eigenvalue weighted by atomic mass is 9.74. The summed E-state index contributed by atoms with van der Waals surface area (Å²) in [6, 6.07) is 14.1. The molecular formula is C24H23ClN4O3. The molecule has 3 aromatic rings. The predicted octanol–water partition coefficient (Wildman–Crippen LogP) is 5.00. The largest absolute Gasteiger partial charge is 0.465 e. The SMILES string of the molecule is O=C(O)N1Cc2cc(Cl)ccc2-n2c(nnc2C2CCC3(CC2)OCc2ccccc23)C1. The maximum absolute atomic E-state index is 11.8. The number of fused-ring (bicyclic) bond motifs is 5. The summed E-state index contributed by atoms with van der Waals surface area (Å²) < 4.78 is 8.39. The van der Waals surface area contributed by atoms with Crippen molar-refractivity contribution in [1.29, 1.82) is 0 Å². The standard InChI is InChI=1S/C24H23ClN4O3/c25-18-5-6-20-17(11-18)12-28(23(30)31)13-21-26-27-22(29(20)21)15-7-9-24(10-8-15)19-4-2-1-3-16(19)14-32-24/h1-6,11,15H,7-10,12-14H2,(H,30,31). The highest BCUT2D eigenvalue weighted by atomic mass is 35.5. The van der Waals surface area contributed by atoms with E-state index in [2.05, 4.69) is 39.0 Å². The number of carbonyl (C=O) groups is 1. The van der Waals surface area contributed by atoms with Gasteiger partial charge in [0, 0.05) is 10.9 Å². The smallest absolute Gasteiger partial charge is 0.408 e. The van der Waals surface area contributed by atoms with Crippen LogP contribution >= 0.6 is 11.6 Å². The van der Waals surface area contributed by atoms with Gasteiger partial charge < -0.3 is 9.84 Å². The first-order chi connectivity index (χ1) is 15.5. The van der Waals surface area contributed by atoms with Gasteiger partial charge in [-0.25, -0.2) is 4.79 Å². The fourth-order valence-electron chi connectivity index (χ4n) is 5.57. The van der Waals surface area contributed by atoms with Crippen molar-refractivity contribution >= 4 is 17.7 Å². The lowest BCUT2D eigenvalue weighted by Crippen LogP contribution is -2.31. The van der Waals surface area contributed by atoms with E-state index in [1.807, 2.05) is 18.2 Å². The number of ether oxygens (including phenoxy) is 1. The highest BCUT2D eigenvalue weighted by molar-refractivity contribution is 6.30. The monoisotopic (exact) mass is 450 g/mol. The quantitative estimate of drug-likeness (QED) is 0.564. The minimum absolute atomic E-state index is 0.194. The van der Waals surface area contributed by atoms with Crippen LogP contribution in [-0.4, -0.2) is 30.9 Å². The summed E-state index contributed by atoms with van der Waals surface area (Å²) in [4.78, 5) is 13.1. The molecule has 1 saturated carbocycles. The summed E-state index contributed by atoms with van der Waals surface area (Å²) >= 11 is 6.24. The van der Waals surface area contributed by atoms with Crippen molar-refractivity contribution in [3.8, 4) is 5.69 Å². The molecule has 1 aliphatic carbocycles. The summed E-state index contributed by atoms with van der Waals surface area (Å²) in [6.07, 6.45) is 2.78. The van der Waals surface area contributed by atoms with Gasteiger partial charge in [-0.2, -0.15) is 0 Å². The van der Waals surface area contributed by atoms with Crippen LogP contribution in [0.3, 0.4) is 0 Å². The molecule has 1 aromatic heterocycles. The fourth-order valence-corrected chi connectivity index (χ4v) is 5.76. The van der Waals surface area contributed by atoms with Gasteiger partial charge in [0.25, 0.3) is 0 Å². The van der Waals surface area contributed by atoms with Crippen molar-refractivity contribution < 1.29 is 14.6 Å². The van der Waals surface area contributed by atoms with Gasteiger partial charge in [-0.15, -0.1) is 10.2 Å². The highest BCUT2D eigenvalue weighted by Gasteiger charge is 2.44. The maximum atomic E-state index is 11.8. The van der Waals surface area contributed by atoms with Crippen molar-refractivity contribution in [1.82, 2.24) is 19.7 Å². The van der Waals surface area contributed by atoms with Gasteiger partial charge in [0.05, 0.1) is 31.0 Å². The van der Waals surface area contributed by atoms with Crippen LogP contribution in [0.15, 0.2) is 42.5 Å². The molecule has 0 unspecified atom stereocenters. The lowest BCUT2D eigenvalue weighted by molar-refractivity contribution is -0.0674. The van der Waals surface area contributed by atoms with Gasteiger partial charge in [0.2, 0.25) is 0 Å². The van der Waals surface area contributed by atoms with Crippen LogP contribution in [0.25, 0.3) is 5.69 Å². The van der Waals surface area contributed by atoms with E-state index in [0.717, 1.165) is 42.8 Å². The topological polar surface area (TPSA) is 80.5 Å². The molecule has 1 spiro atoms. The zero-order valence-corrected chi connectivity index (χ0v) is 18.3. The first-order valence-corrected chi connectivity index (χ1v) is 11.3. The molecule has 1 amide bonds.